The van der Waals surface area contributed by atoms with Gasteiger partial charge < -0.3 is 9.64 Å². The van der Waals surface area contributed by atoms with Gasteiger partial charge in [0.2, 0.25) is 10.0 Å². The van der Waals surface area contributed by atoms with E-state index in [1.54, 1.807) is 12.1 Å². The quantitative estimate of drug-likeness (QED) is 0.839. The molecule has 3 heterocycles. The van der Waals surface area contributed by atoms with Gasteiger partial charge in [-0.3, -0.25) is 0 Å². The highest BCUT2D eigenvalue weighted by molar-refractivity contribution is 7.89. The number of aromatic nitrogens is 2. The number of morpholine rings is 1. The molecule has 0 aliphatic carbocycles. The van der Waals surface area contributed by atoms with Gasteiger partial charge in [-0.05, 0) is 13.0 Å². The van der Waals surface area contributed by atoms with Gasteiger partial charge in [-0.15, -0.1) is 0 Å². The van der Waals surface area contributed by atoms with Gasteiger partial charge in [0.05, 0.1) is 30.5 Å². The van der Waals surface area contributed by atoms with E-state index in [4.69, 9.17) is 16.3 Å². The molecule has 0 aromatic carbocycles. The smallest absolute Gasteiger partial charge is 0.237 e. The van der Waals surface area contributed by atoms with Crippen LogP contribution in [0.15, 0.2) is 18.3 Å². The average Bonchev–Trinajstić information content (AvgIpc) is 2.83. The average molecular weight is 330 g/mol. The first-order valence-corrected chi connectivity index (χ1v) is 8.83. The molecular formula is C13H16ClN3O3S. The third-order valence-corrected chi connectivity index (χ3v) is 4.90. The number of hydrogen-bond donors (Lipinski definition) is 0. The molecule has 0 N–H and O–H groups in total. The Morgan fingerprint density at radius 1 is 1.48 bits per heavy atom. The van der Waals surface area contributed by atoms with Gasteiger partial charge in [-0.2, -0.15) is 0 Å². The van der Waals surface area contributed by atoms with Crippen molar-refractivity contribution in [3.05, 3.63) is 23.4 Å². The molecule has 0 saturated carbocycles. The van der Waals surface area contributed by atoms with E-state index in [9.17, 15) is 8.42 Å². The van der Waals surface area contributed by atoms with Crippen LogP contribution >= 0.6 is 11.6 Å². The Morgan fingerprint density at radius 2 is 2.24 bits per heavy atom. The minimum atomic E-state index is -3.41. The lowest BCUT2D eigenvalue weighted by Crippen LogP contribution is -2.44. The summed E-state index contributed by atoms with van der Waals surface area (Å²) in [5.41, 5.74) is 0.360. The number of anilines is 1. The topological polar surface area (TPSA) is 64.4 Å². The van der Waals surface area contributed by atoms with Crippen LogP contribution in [0.5, 0.6) is 0 Å². The Morgan fingerprint density at radius 3 is 2.90 bits per heavy atom. The molecule has 0 radical (unpaired) electrons. The molecular weight excluding hydrogens is 314 g/mol. The number of rotatable bonds is 2. The molecule has 2 aromatic rings. The van der Waals surface area contributed by atoms with Crippen LogP contribution in [0.2, 0.25) is 5.02 Å². The second-order valence-electron chi connectivity index (χ2n) is 5.19. The Kier molecular flexibility index (Phi) is 3.59. The van der Waals surface area contributed by atoms with Crippen LogP contribution in [0.1, 0.15) is 6.92 Å². The predicted octanol–water partition coefficient (Wildman–Crippen LogP) is 1.72. The fourth-order valence-electron chi connectivity index (χ4n) is 2.52. The van der Waals surface area contributed by atoms with Gasteiger partial charge in [0, 0.05) is 24.2 Å². The molecule has 3 rings (SSSR count). The Labute approximate surface area is 128 Å². The largest absolute Gasteiger partial charge is 0.377 e. The maximum Gasteiger partial charge on any atom is 0.237 e. The molecule has 1 saturated heterocycles. The minimum Gasteiger partial charge on any atom is -0.377 e. The first-order chi connectivity index (χ1) is 9.88. The highest BCUT2D eigenvalue weighted by Gasteiger charge is 2.22. The molecule has 114 valence electrons. The zero-order valence-electron chi connectivity index (χ0n) is 11.8. The van der Waals surface area contributed by atoms with Crippen molar-refractivity contribution in [2.75, 3.05) is 30.9 Å². The number of ether oxygens (including phenoxy) is 1. The summed E-state index contributed by atoms with van der Waals surface area (Å²) < 4.78 is 30.2. The predicted molar refractivity (Wildman–Crippen MR) is 82.6 cm³/mol. The Balaban J connectivity index is 2.17. The monoisotopic (exact) mass is 329 g/mol. The SMILES string of the molecule is C[C@@H]1COCCN1c1cc(Cl)c2ccn(S(C)(=O)=O)c2n1. The zero-order chi connectivity index (χ0) is 15.2. The summed E-state index contributed by atoms with van der Waals surface area (Å²) in [5, 5.41) is 1.13. The third kappa shape index (κ3) is 2.61. The van der Waals surface area contributed by atoms with Crippen molar-refractivity contribution in [2.45, 2.75) is 13.0 Å². The van der Waals surface area contributed by atoms with Crippen LogP contribution in [0.4, 0.5) is 5.82 Å². The Hall–Kier alpha value is -1.31. The number of nitrogens with zero attached hydrogens (tertiary/aromatic N) is 3. The second-order valence-corrected chi connectivity index (χ2v) is 7.46. The standard InChI is InChI=1S/C13H16ClN3O3S/c1-9-8-20-6-5-16(9)12-7-11(14)10-3-4-17(13(10)15-12)21(2,18)19/h3-4,7,9H,5-6,8H2,1-2H3/t9-/m1/s1. The van der Waals surface area contributed by atoms with E-state index in [0.717, 1.165) is 10.2 Å². The summed E-state index contributed by atoms with van der Waals surface area (Å²) >= 11 is 6.29. The lowest BCUT2D eigenvalue weighted by molar-refractivity contribution is 0.0985. The molecule has 0 bridgehead atoms. The number of fused-ring (bicyclic) bond motifs is 1. The van der Waals surface area contributed by atoms with Crippen LogP contribution in [-0.4, -0.2) is 49.4 Å². The first-order valence-electron chi connectivity index (χ1n) is 6.60. The van der Waals surface area contributed by atoms with E-state index in [2.05, 4.69) is 9.88 Å². The highest BCUT2D eigenvalue weighted by Crippen LogP contribution is 2.29. The molecule has 0 amide bonds. The molecule has 8 heteroatoms. The highest BCUT2D eigenvalue weighted by atomic mass is 35.5. The number of halogens is 1. The van der Waals surface area contributed by atoms with Crippen molar-refractivity contribution in [3.8, 4) is 0 Å². The first kappa shape index (κ1) is 14.6. The van der Waals surface area contributed by atoms with Crippen LogP contribution in [0, 0.1) is 0 Å². The molecule has 21 heavy (non-hydrogen) atoms. The molecule has 0 spiro atoms. The van der Waals surface area contributed by atoms with Gasteiger partial charge in [-0.1, -0.05) is 11.6 Å². The molecule has 1 atom stereocenters. The Bertz CT molecular complexity index is 787. The fraction of sp³-hybridized carbons (Fsp3) is 0.462. The van der Waals surface area contributed by atoms with Crippen molar-refractivity contribution in [2.24, 2.45) is 0 Å². The molecule has 1 fully saturated rings. The van der Waals surface area contributed by atoms with Crippen molar-refractivity contribution in [1.29, 1.82) is 0 Å². The number of hydrogen-bond acceptors (Lipinski definition) is 5. The van der Waals surface area contributed by atoms with Crippen LogP contribution in [-0.2, 0) is 14.8 Å². The lowest BCUT2D eigenvalue weighted by atomic mass is 10.2. The van der Waals surface area contributed by atoms with Gasteiger partial charge in [-0.25, -0.2) is 17.4 Å². The van der Waals surface area contributed by atoms with Gasteiger partial charge in [0.1, 0.15) is 5.82 Å². The van der Waals surface area contributed by atoms with Crippen LogP contribution < -0.4 is 4.90 Å². The minimum absolute atomic E-state index is 0.168. The molecule has 1 aliphatic rings. The maximum absolute atomic E-state index is 11.8. The normalized spacial score (nSPS) is 20.1. The molecule has 1 aliphatic heterocycles. The zero-order valence-corrected chi connectivity index (χ0v) is 13.4. The summed E-state index contributed by atoms with van der Waals surface area (Å²) in [7, 11) is -3.41. The second kappa shape index (κ2) is 5.15. The summed E-state index contributed by atoms with van der Waals surface area (Å²) in [6.07, 6.45) is 2.62. The van der Waals surface area contributed by atoms with Crippen LogP contribution in [0.3, 0.4) is 0 Å². The molecule has 2 aromatic heterocycles. The van der Waals surface area contributed by atoms with E-state index in [1.165, 1.54) is 6.20 Å². The molecule has 6 nitrogen and oxygen atoms in total. The third-order valence-electron chi connectivity index (χ3n) is 3.58. The fourth-order valence-corrected chi connectivity index (χ4v) is 3.50. The van der Waals surface area contributed by atoms with E-state index in [0.29, 0.717) is 41.6 Å². The molecule has 0 unspecified atom stereocenters. The van der Waals surface area contributed by atoms with Gasteiger partial charge >= 0.3 is 0 Å². The summed E-state index contributed by atoms with van der Waals surface area (Å²) in [5.74, 6) is 0.673. The van der Waals surface area contributed by atoms with Gasteiger partial charge in [0.15, 0.2) is 5.65 Å². The van der Waals surface area contributed by atoms with E-state index < -0.39 is 10.0 Å². The lowest BCUT2D eigenvalue weighted by Gasteiger charge is -2.34. The summed E-state index contributed by atoms with van der Waals surface area (Å²) in [4.78, 5) is 6.58. The van der Waals surface area contributed by atoms with Crippen molar-refractivity contribution < 1.29 is 13.2 Å². The summed E-state index contributed by atoms with van der Waals surface area (Å²) in [6.45, 7) is 3.98. The van der Waals surface area contributed by atoms with Crippen molar-refractivity contribution >= 4 is 38.5 Å². The van der Waals surface area contributed by atoms with E-state index in [-0.39, 0.29) is 6.04 Å². The van der Waals surface area contributed by atoms with Crippen molar-refractivity contribution in [1.82, 2.24) is 8.96 Å². The maximum atomic E-state index is 11.8. The van der Waals surface area contributed by atoms with E-state index >= 15 is 0 Å². The van der Waals surface area contributed by atoms with Crippen LogP contribution in [0.25, 0.3) is 11.0 Å². The number of pyridine rings is 1. The van der Waals surface area contributed by atoms with E-state index in [1.807, 2.05) is 6.92 Å². The van der Waals surface area contributed by atoms with Gasteiger partial charge in [0.25, 0.3) is 0 Å². The summed E-state index contributed by atoms with van der Waals surface area (Å²) in [6, 6.07) is 3.61. The van der Waals surface area contributed by atoms with Crippen molar-refractivity contribution in [3.63, 3.8) is 0 Å².